The third kappa shape index (κ3) is 11.5. The van der Waals surface area contributed by atoms with Crippen molar-refractivity contribution in [2.45, 2.75) is 123 Å². The smallest absolute Gasteiger partial charge is 0.338 e. The van der Waals surface area contributed by atoms with Gasteiger partial charge in [-0.25, -0.2) is 4.79 Å². The van der Waals surface area contributed by atoms with Crippen LogP contribution in [0.2, 0.25) is 0 Å². The van der Waals surface area contributed by atoms with Crippen LogP contribution < -0.4 is 0 Å². The molecule has 32 heavy (non-hydrogen) atoms. The Morgan fingerprint density at radius 1 is 0.938 bits per heavy atom. The Bertz CT molecular complexity index is 611. The first-order valence-corrected chi connectivity index (χ1v) is 12.3. The first kappa shape index (κ1) is 28.0. The van der Waals surface area contributed by atoms with Gasteiger partial charge in [0.15, 0.2) is 12.2 Å². The van der Waals surface area contributed by atoms with Crippen LogP contribution in [0.3, 0.4) is 0 Å². The Balaban J connectivity index is 2.10. The highest BCUT2D eigenvalue weighted by Gasteiger charge is 2.40. The molecule has 0 aromatic heterocycles. The fourth-order valence-corrected chi connectivity index (χ4v) is 3.76. The van der Waals surface area contributed by atoms with E-state index in [9.17, 15) is 19.5 Å². The molecule has 1 aliphatic rings. The summed E-state index contributed by atoms with van der Waals surface area (Å²) in [4.78, 5) is 34.9. The minimum absolute atomic E-state index is 0.0606. The van der Waals surface area contributed by atoms with Gasteiger partial charge in [0.2, 0.25) is 0 Å². The third-order valence-corrected chi connectivity index (χ3v) is 5.74. The second-order valence-electron chi connectivity index (χ2n) is 8.66. The van der Waals surface area contributed by atoms with E-state index in [1.165, 1.54) is 78.1 Å². The minimum Gasteiger partial charge on any atom is -0.508 e. The highest BCUT2D eigenvalue weighted by molar-refractivity contribution is 5.91. The van der Waals surface area contributed by atoms with Crippen LogP contribution in [-0.2, 0) is 28.6 Å². The normalized spacial score (nSPS) is 16.7. The number of aliphatic hydroxyl groups excluding tert-OH is 1. The number of carbonyl (C=O) groups is 3. The SMILES string of the molecule is CCCCCCCCCCCCCCCC(=O)OC[C@H](OC(C)=O)[C@H]1OC(=O)C(C)=C1O. The second-order valence-corrected chi connectivity index (χ2v) is 8.66. The van der Waals surface area contributed by atoms with Crippen LogP contribution in [0.5, 0.6) is 0 Å². The number of aliphatic hydroxyl groups is 1. The van der Waals surface area contributed by atoms with E-state index < -0.39 is 30.1 Å². The zero-order valence-electron chi connectivity index (χ0n) is 20.2. The van der Waals surface area contributed by atoms with Crippen LogP contribution in [0.1, 0.15) is 111 Å². The van der Waals surface area contributed by atoms with Gasteiger partial charge in [0.05, 0.1) is 5.57 Å². The first-order valence-electron chi connectivity index (χ1n) is 12.3. The minimum atomic E-state index is -1.14. The summed E-state index contributed by atoms with van der Waals surface area (Å²) in [6.07, 6.45) is 14.1. The average Bonchev–Trinajstić information content (AvgIpc) is 3.01. The van der Waals surface area contributed by atoms with Gasteiger partial charge in [-0.3, -0.25) is 9.59 Å². The Morgan fingerprint density at radius 3 is 1.88 bits per heavy atom. The molecule has 2 atom stereocenters. The summed E-state index contributed by atoms with van der Waals surface area (Å²) >= 11 is 0. The van der Waals surface area contributed by atoms with Crippen LogP contribution in [0.25, 0.3) is 0 Å². The van der Waals surface area contributed by atoms with E-state index in [-0.39, 0.29) is 24.4 Å². The molecule has 0 aromatic rings. The lowest BCUT2D eigenvalue weighted by Crippen LogP contribution is -2.37. The van der Waals surface area contributed by atoms with Crippen molar-refractivity contribution in [3.63, 3.8) is 0 Å². The van der Waals surface area contributed by atoms with Crippen molar-refractivity contribution in [1.82, 2.24) is 0 Å². The van der Waals surface area contributed by atoms with Gasteiger partial charge in [-0.2, -0.15) is 0 Å². The van der Waals surface area contributed by atoms with Crippen LogP contribution in [0.15, 0.2) is 11.3 Å². The molecule has 1 N–H and O–H groups in total. The molecule has 0 radical (unpaired) electrons. The molecule has 1 rings (SSSR count). The van der Waals surface area contributed by atoms with Crippen LogP contribution in [-0.4, -0.2) is 41.8 Å². The largest absolute Gasteiger partial charge is 0.508 e. The molecule has 0 fully saturated rings. The molecule has 0 spiro atoms. The molecular weight excluding hydrogens is 412 g/mol. The standard InChI is InChI=1S/C25H42O7/c1-4-5-6-7-8-9-10-11-12-13-14-15-16-17-22(27)30-18-21(31-20(3)26)24-23(28)19(2)25(29)32-24/h21,24,28H,4-18H2,1-3H3/t21-,24+/m0/s1. The maximum absolute atomic E-state index is 12.0. The number of ether oxygens (including phenoxy) is 3. The second kappa shape index (κ2) is 16.6. The summed E-state index contributed by atoms with van der Waals surface area (Å²) in [6, 6.07) is 0. The van der Waals surface area contributed by atoms with Gasteiger partial charge in [0.25, 0.3) is 0 Å². The Kier molecular flexibility index (Phi) is 14.5. The zero-order valence-corrected chi connectivity index (χ0v) is 20.2. The zero-order chi connectivity index (χ0) is 23.8. The molecule has 0 aromatic carbocycles. The van der Waals surface area contributed by atoms with Crippen LogP contribution in [0, 0.1) is 0 Å². The predicted octanol–water partition coefficient (Wildman–Crippen LogP) is 5.70. The molecule has 7 heteroatoms. The van der Waals surface area contributed by atoms with Crippen molar-refractivity contribution in [2.75, 3.05) is 6.61 Å². The molecule has 1 heterocycles. The quantitative estimate of drug-likeness (QED) is 0.161. The lowest BCUT2D eigenvalue weighted by atomic mass is 10.0. The number of unbranched alkanes of at least 4 members (excludes halogenated alkanes) is 12. The topological polar surface area (TPSA) is 99.1 Å². The molecule has 0 unspecified atom stereocenters. The molecule has 0 bridgehead atoms. The number of hydrogen-bond donors (Lipinski definition) is 1. The lowest BCUT2D eigenvalue weighted by molar-refractivity contribution is -0.169. The fraction of sp³-hybridized carbons (Fsp3) is 0.800. The Labute approximate surface area is 192 Å². The number of hydrogen-bond acceptors (Lipinski definition) is 7. The van der Waals surface area contributed by atoms with Crippen LogP contribution >= 0.6 is 0 Å². The predicted molar refractivity (Wildman–Crippen MR) is 122 cm³/mol. The fourth-order valence-electron chi connectivity index (χ4n) is 3.76. The monoisotopic (exact) mass is 454 g/mol. The number of carbonyl (C=O) groups excluding carboxylic acids is 3. The van der Waals surface area contributed by atoms with E-state index in [4.69, 9.17) is 14.2 Å². The number of rotatable bonds is 18. The van der Waals surface area contributed by atoms with Gasteiger partial charge in [-0.1, -0.05) is 84.0 Å². The molecule has 184 valence electrons. The molecular formula is C25H42O7. The summed E-state index contributed by atoms with van der Waals surface area (Å²) in [5.41, 5.74) is 0.0606. The van der Waals surface area contributed by atoms with Gasteiger partial charge in [0, 0.05) is 13.3 Å². The van der Waals surface area contributed by atoms with Crippen molar-refractivity contribution in [2.24, 2.45) is 0 Å². The van der Waals surface area contributed by atoms with Crippen LogP contribution in [0.4, 0.5) is 0 Å². The molecule has 0 saturated carbocycles. The molecule has 0 saturated heterocycles. The van der Waals surface area contributed by atoms with Gasteiger partial charge < -0.3 is 19.3 Å². The average molecular weight is 455 g/mol. The number of cyclic esters (lactones) is 1. The van der Waals surface area contributed by atoms with E-state index >= 15 is 0 Å². The van der Waals surface area contributed by atoms with Crippen molar-refractivity contribution in [3.8, 4) is 0 Å². The van der Waals surface area contributed by atoms with Gasteiger partial charge in [-0.15, -0.1) is 0 Å². The van der Waals surface area contributed by atoms with Crippen molar-refractivity contribution in [1.29, 1.82) is 0 Å². The van der Waals surface area contributed by atoms with E-state index in [1.807, 2.05) is 0 Å². The lowest BCUT2D eigenvalue weighted by Gasteiger charge is -2.22. The molecule has 0 aliphatic carbocycles. The highest BCUT2D eigenvalue weighted by atomic mass is 16.6. The summed E-state index contributed by atoms with van der Waals surface area (Å²) < 4.78 is 15.3. The van der Waals surface area contributed by atoms with E-state index in [2.05, 4.69) is 6.92 Å². The summed E-state index contributed by atoms with van der Waals surface area (Å²) in [5.74, 6) is -1.98. The van der Waals surface area contributed by atoms with Gasteiger partial charge >= 0.3 is 17.9 Å². The summed E-state index contributed by atoms with van der Waals surface area (Å²) in [5, 5.41) is 10.0. The molecule has 7 nitrogen and oxygen atoms in total. The van der Waals surface area contributed by atoms with Crippen molar-refractivity contribution in [3.05, 3.63) is 11.3 Å². The van der Waals surface area contributed by atoms with Crippen molar-refractivity contribution < 1.29 is 33.7 Å². The number of esters is 3. The Hall–Kier alpha value is -2.05. The van der Waals surface area contributed by atoms with E-state index in [1.54, 1.807) is 0 Å². The molecule has 0 amide bonds. The third-order valence-electron chi connectivity index (χ3n) is 5.74. The Morgan fingerprint density at radius 2 is 1.44 bits per heavy atom. The first-order chi connectivity index (χ1) is 15.4. The summed E-state index contributed by atoms with van der Waals surface area (Å²) in [6.45, 7) is 4.59. The molecule has 1 aliphatic heterocycles. The van der Waals surface area contributed by atoms with Gasteiger partial charge in [-0.05, 0) is 13.3 Å². The van der Waals surface area contributed by atoms with E-state index in [0.29, 0.717) is 0 Å². The maximum atomic E-state index is 12.0. The summed E-state index contributed by atoms with van der Waals surface area (Å²) in [7, 11) is 0. The van der Waals surface area contributed by atoms with Gasteiger partial charge in [0.1, 0.15) is 12.4 Å². The van der Waals surface area contributed by atoms with Crippen molar-refractivity contribution >= 4 is 17.9 Å². The van der Waals surface area contributed by atoms with E-state index in [0.717, 1.165) is 19.3 Å². The maximum Gasteiger partial charge on any atom is 0.338 e. The highest BCUT2D eigenvalue weighted by Crippen LogP contribution is 2.25.